The molecule has 2 N–H and O–H groups in total. The third kappa shape index (κ3) is 4.51. The van der Waals surface area contributed by atoms with E-state index in [1.807, 2.05) is 7.05 Å². The molecule has 0 aromatic heterocycles. The van der Waals surface area contributed by atoms with Crippen molar-refractivity contribution in [1.29, 1.82) is 0 Å². The molecule has 100 valence electrons. The van der Waals surface area contributed by atoms with Crippen LogP contribution >= 0.6 is 0 Å². The maximum atomic E-state index is 3.49. The molecule has 0 aliphatic heterocycles. The van der Waals surface area contributed by atoms with E-state index in [1.165, 1.54) is 22.3 Å². The van der Waals surface area contributed by atoms with Crippen molar-refractivity contribution in [3.05, 3.63) is 70.8 Å². The van der Waals surface area contributed by atoms with Crippen molar-refractivity contribution in [1.82, 2.24) is 10.6 Å². The van der Waals surface area contributed by atoms with Crippen LogP contribution in [0, 0.1) is 6.92 Å². The second-order valence-corrected chi connectivity index (χ2v) is 4.94. The van der Waals surface area contributed by atoms with Gasteiger partial charge < -0.3 is 10.6 Å². The van der Waals surface area contributed by atoms with Gasteiger partial charge in [0.2, 0.25) is 0 Å². The van der Waals surface area contributed by atoms with Crippen LogP contribution < -0.4 is 10.6 Å². The summed E-state index contributed by atoms with van der Waals surface area (Å²) >= 11 is 0. The molecule has 2 nitrogen and oxygen atoms in total. The van der Waals surface area contributed by atoms with Gasteiger partial charge in [-0.15, -0.1) is 0 Å². The molecule has 0 spiro atoms. The maximum Gasteiger partial charge on any atom is 0.0208 e. The van der Waals surface area contributed by atoms with Gasteiger partial charge in [-0.25, -0.2) is 0 Å². The number of benzene rings is 2. The van der Waals surface area contributed by atoms with E-state index in [2.05, 4.69) is 66.1 Å². The SMILES string of the molecule is CNCc1cccc(CNCc2ccc(C)cc2)c1. The molecule has 2 heteroatoms. The molecular formula is C17H22N2. The molecule has 0 saturated heterocycles. The molecular weight excluding hydrogens is 232 g/mol. The van der Waals surface area contributed by atoms with Crippen molar-refractivity contribution < 1.29 is 0 Å². The molecule has 0 amide bonds. The summed E-state index contributed by atoms with van der Waals surface area (Å²) in [5.74, 6) is 0. The molecule has 2 rings (SSSR count). The summed E-state index contributed by atoms with van der Waals surface area (Å²) < 4.78 is 0. The monoisotopic (exact) mass is 254 g/mol. The Morgan fingerprint density at radius 2 is 1.42 bits per heavy atom. The van der Waals surface area contributed by atoms with E-state index in [-0.39, 0.29) is 0 Å². The molecule has 0 heterocycles. The topological polar surface area (TPSA) is 24.1 Å². The van der Waals surface area contributed by atoms with Gasteiger partial charge in [-0.1, -0.05) is 54.1 Å². The quantitative estimate of drug-likeness (QED) is 0.828. The van der Waals surface area contributed by atoms with Gasteiger partial charge >= 0.3 is 0 Å². The van der Waals surface area contributed by atoms with Gasteiger partial charge in [0.15, 0.2) is 0 Å². The van der Waals surface area contributed by atoms with Gasteiger partial charge in [-0.3, -0.25) is 0 Å². The van der Waals surface area contributed by atoms with E-state index in [0.29, 0.717) is 0 Å². The first-order valence-electron chi connectivity index (χ1n) is 6.76. The Balaban J connectivity index is 1.85. The normalized spacial score (nSPS) is 10.6. The Morgan fingerprint density at radius 1 is 0.789 bits per heavy atom. The Hall–Kier alpha value is -1.64. The Bertz CT molecular complexity index is 503. The van der Waals surface area contributed by atoms with Crippen LogP contribution in [0.2, 0.25) is 0 Å². The van der Waals surface area contributed by atoms with Crippen LogP contribution in [0.4, 0.5) is 0 Å². The van der Waals surface area contributed by atoms with Gasteiger partial charge in [0.05, 0.1) is 0 Å². The Morgan fingerprint density at radius 3 is 2.11 bits per heavy atom. The van der Waals surface area contributed by atoms with E-state index in [0.717, 1.165) is 19.6 Å². The van der Waals surface area contributed by atoms with Crippen molar-refractivity contribution >= 4 is 0 Å². The molecule has 0 unspecified atom stereocenters. The lowest BCUT2D eigenvalue weighted by molar-refractivity contribution is 0.691. The lowest BCUT2D eigenvalue weighted by atomic mass is 10.1. The van der Waals surface area contributed by atoms with Crippen molar-refractivity contribution in [3.8, 4) is 0 Å². The summed E-state index contributed by atoms with van der Waals surface area (Å²) in [4.78, 5) is 0. The minimum Gasteiger partial charge on any atom is -0.316 e. The largest absolute Gasteiger partial charge is 0.316 e. The fourth-order valence-corrected chi connectivity index (χ4v) is 2.11. The van der Waals surface area contributed by atoms with Gasteiger partial charge in [0.1, 0.15) is 0 Å². The van der Waals surface area contributed by atoms with Crippen molar-refractivity contribution in [2.45, 2.75) is 26.6 Å². The Kier molecular flexibility index (Phi) is 5.13. The molecule has 19 heavy (non-hydrogen) atoms. The third-order valence-corrected chi connectivity index (χ3v) is 3.15. The molecule has 0 radical (unpaired) electrons. The van der Waals surface area contributed by atoms with Gasteiger partial charge in [-0.05, 0) is 30.7 Å². The summed E-state index contributed by atoms with van der Waals surface area (Å²) in [5, 5.41) is 6.66. The van der Waals surface area contributed by atoms with Crippen molar-refractivity contribution in [3.63, 3.8) is 0 Å². The molecule has 2 aromatic carbocycles. The highest BCUT2D eigenvalue weighted by Crippen LogP contribution is 2.06. The average Bonchev–Trinajstić information content (AvgIpc) is 2.42. The zero-order valence-electron chi connectivity index (χ0n) is 11.7. The number of aryl methyl sites for hydroxylation is 1. The van der Waals surface area contributed by atoms with E-state index in [4.69, 9.17) is 0 Å². The molecule has 0 atom stereocenters. The van der Waals surface area contributed by atoms with Crippen molar-refractivity contribution in [2.24, 2.45) is 0 Å². The zero-order valence-corrected chi connectivity index (χ0v) is 11.7. The summed E-state index contributed by atoms with van der Waals surface area (Å²) in [6.45, 7) is 4.86. The third-order valence-electron chi connectivity index (χ3n) is 3.15. The lowest BCUT2D eigenvalue weighted by Crippen LogP contribution is -2.13. The first-order chi connectivity index (χ1) is 9.28. The van der Waals surface area contributed by atoms with E-state index in [9.17, 15) is 0 Å². The number of hydrogen-bond donors (Lipinski definition) is 2. The fourth-order valence-electron chi connectivity index (χ4n) is 2.11. The smallest absolute Gasteiger partial charge is 0.0208 e. The highest BCUT2D eigenvalue weighted by atomic mass is 14.8. The minimum atomic E-state index is 0.908. The van der Waals surface area contributed by atoms with Gasteiger partial charge in [0.25, 0.3) is 0 Å². The second-order valence-electron chi connectivity index (χ2n) is 4.94. The highest BCUT2D eigenvalue weighted by molar-refractivity contribution is 5.24. The first-order valence-corrected chi connectivity index (χ1v) is 6.76. The maximum absolute atomic E-state index is 3.49. The van der Waals surface area contributed by atoms with Crippen LogP contribution in [0.5, 0.6) is 0 Å². The molecule has 0 fully saturated rings. The standard InChI is InChI=1S/C17H22N2/c1-14-6-8-15(9-7-14)12-19-13-17-5-3-4-16(10-17)11-18-2/h3-10,18-19H,11-13H2,1-2H3. The van der Waals surface area contributed by atoms with E-state index >= 15 is 0 Å². The fraction of sp³-hybridized carbons (Fsp3) is 0.294. The van der Waals surface area contributed by atoms with Gasteiger partial charge in [0, 0.05) is 19.6 Å². The predicted octanol–water partition coefficient (Wildman–Crippen LogP) is 3.00. The minimum absolute atomic E-state index is 0.908. The average molecular weight is 254 g/mol. The number of rotatable bonds is 6. The Labute approximate surface area is 115 Å². The first kappa shape index (κ1) is 13.8. The van der Waals surface area contributed by atoms with Crippen LogP contribution in [-0.4, -0.2) is 7.05 Å². The zero-order chi connectivity index (χ0) is 13.5. The van der Waals surface area contributed by atoms with Crippen LogP contribution in [0.3, 0.4) is 0 Å². The van der Waals surface area contributed by atoms with Crippen LogP contribution in [0.25, 0.3) is 0 Å². The van der Waals surface area contributed by atoms with Crippen LogP contribution in [0.15, 0.2) is 48.5 Å². The van der Waals surface area contributed by atoms with E-state index < -0.39 is 0 Å². The van der Waals surface area contributed by atoms with Crippen LogP contribution in [-0.2, 0) is 19.6 Å². The number of nitrogens with one attached hydrogen (secondary N) is 2. The summed E-state index contributed by atoms with van der Waals surface area (Å²) in [6.07, 6.45) is 0. The summed E-state index contributed by atoms with van der Waals surface area (Å²) in [6, 6.07) is 17.4. The molecule has 0 saturated carbocycles. The lowest BCUT2D eigenvalue weighted by Gasteiger charge is -2.07. The summed E-state index contributed by atoms with van der Waals surface area (Å²) in [5.41, 5.74) is 5.30. The van der Waals surface area contributed by atoms with Crippen molar-refractivity contribution in [2.75, 3.05) is 7.05 Å². The summed E-state index contributed by atoms with van der Waals surface area (Å²) in [7, 11) is 1.97. The number of hydrogen-bond acceptors (Lipinski definition) is 2. The van der Waals surface area contributed by atoms with E-state index in [1.54, 1.807) is 0 Å². The molecule has 0 bridgehead atoms. The van der Waals surface area contributed by atoms with Crippen LogP contribution in [0.1, 0.15) is 22.3 Å². The predicted molar refractivity (Wildman–Crippen MR) is 80.9 cm³/mol. The highest BCUT2D eigenvalue weighted by Gasteiger charge is 1.96. The van der Waals surface area contributed by atoms with Gasteiger partial charge in [-0.2, -0.15) is 0 Å². The molecule has 2 aromatic rings. The second kappa shape index (κ2) is 7.07. The molecule has 0 aliphatic rings. The molecule has 0 aliphatic carbocycles.